The molecule has 0 saturated heterocycles. The largest absolute Gasteiger partial charge is 0.450 e. The van der Waals surface area contributed by atoms with Gasteiger partial charge < -0.3 is 9.73 Å². The van der Waals surface area contributed by atoms with Gasteiger partial charge in [-0.15, -0.1) is 0 Å². The zero-order chi connectivity index (χ0) is 19.7. The summed E-state index contributed by atoms with van der Waals surface area (Å²) in [6.45, 7) is 1.86. The number of hydrogen-bond acceptors (Lipinski definition) is 3. The SMILES string of the molecule is Cc1c(C(=O)NNC(=S)Nc2cccc(Cl)c2)oc2c1ccc1ccccc12. The van der Waals surface area contributed by atoms with Gasteiger partial charge in [0.05, 0.1) is 0 Å². The lowest BCUT2D eigenvalue weighted by atomic mass is 10.1. The summed E-state index contributed by atoms with van der Waals surface area (Å²) in [7, 11) is 0. The van der Waals surface area contributed by atoms with E-state index in [4.69, 9.17) is 28.2 Å². The minimum atomic E-state index is -0.409. The molecule has 140 valence electrons. The van der Waals surface area contributed by atoms with Gasteiger partial charge in [0.15, 0.2) is 10.9 Å². The van der Waals surface area contributed by atoms with Crippen LogP contribution >= 0.6 is 23.8 Å². The van der Waals surface area contributed by atoms with Crippen molar-refractivity contribution in [2.45, 2.75) is 6.92 Å². The molecule has 7 heteroatoms. The van der Waals surface area contributed by atoms with Gasteiger partial charge in [0.2, 0.25) is 0 Å². The third-order valence-corrected chi connectivity index (χ3v) is 4.85. The lowest BCUT2D eigenvalue weighted by Crippen LogP contribution is -2.43. The summed E-state index contributed by atoms with van der Waals surface area (Å²) in [6, 6.07) is 19.0. The fourth-order valence-corrected chi connectivity index (χ4v) is 3.42. The Balaban J connectivity index is 1.52. The number of carbonyl (C=O) groups excluding carboxylic acids is 1. The van der Waals surface area contributed by atoms with Crippen LogP contribution in [0.15, 0.2) is 65.1 Å². The second-order valence-corrected chi connectivity index (χ2v) is 7.11. The van der Waals surface area contributed by atoms with Crippen LogP contribution in [0, 0.1) is 6.92 Å². The Morgan fingerprint density at radius 2 is 1.82 bits per heavy atom. The summed E-state index contributed by atoms with van der Waals surface area (Å²) in [6.07, 6.45) is 0. The Kier molecular flexibility index (Phi) is 4.90. The van der Waals surface area contributed by atoms with Gasteiger partial charge in [-0.2, -0.15) is 0 Å². The first-order valence-corrected chi connectivity index (χ1v) is 9.35. The molecular weight excluding hydrogens is 394 g/mol. The van der Waals surface area contributed by atoms with E-state index < -0.39 is 5.91 Å². The Morgan fingerprint density at radius 3 is 2.64 bits per heavy atom. The molecule has 28 heavy (non-hydrogen) atoms. The van der Waals surface area contributed by atoms with Crippen LogP contribution in [0.5, 0.6) is 0 Å². The normalized spacial score (nSPS) is 10.8. The molecule has 3 N–H and O–H groups in total. The predicted molar refractivity (Wildman–Crippen MR) is 117 cm³/mol. The lowest BCUT2D eigenvalue weighted by Gasteiger charge is -2.11. The van der Waals surface area contributed by atoms with Crippen molar-refractivity contribution in [3.05, 3.63) is 77.0 Å². The van der Waals surface area contributed by atoms with Gasteiger partial charge in [-0.1, -0.05) is 54.1 Å². The zero-order valence-electron chi connectivity index (χ0n) is 14.9. The van der Waals surface area contributed by atoms with Crippen LogP contribution in [0.2, 0.25) is 5.02 Å². The second-order valence-electron chi connectivity index (χ2n) is 6.26. The number of benzene rings is 3. The average molecular weight is 410 g/mol. The van der Waals surface area contributed by atoms with Crippen molar-refractivity contribution in [2.24, 2.45) is 0 Å². The minimum absolute atomic E-state index is 0.231. The summed E-state index contributed by atoms with van der Waals surface area (Å²) in [5.41, 5.74) is 7.42. The fraction of sp³-hybridized carbons (Fsp3) is 0.0476. The first-order chi connectivity index (χ1) is 13.5. The maximum absolute atomic E-state index is 12.6. The molecule has 1 aromatic heterocycles. The van der Waals surface area contributed by atoms with Crippen LogP contribution in [0.1, 0.15) is 16.1 Å². The number of nitrogens with one attached hydrogen (secondary N) is 3. The highest BCUT2D eigenvalue weighted by molar-refractivity contribution is 7.80. The van der Waals surface area contributed by atoms with Crippen LogP contribution in [0.4, 0.5) is 5.69 Å². The highest BCUT2D eigenvalue weighted by atomic mass is 35.5. The van der Waals surface area contributed by atoms with Crippen molar-refractivity contribution < 1.29 is 9.21 Å². The van der Waals surface area contributed by atoms with Crippen molar-refractivity contribution in [2.75, 3.05) is 5.32 Å². The molecule has 0 unspecified atom stereocenters. The van der Waals surface area contributed by atoms with E-state index in [0.717, 1.165) is 21.7 Å². The molecule has 0 aliphatic heterocycles. The number of hydrazine groups is 1. The molecule has 0 radical (unpaired) electrons. The molecule has 0 aliphatic rings. The van der Waals surface area contributed by atoms with Gasteiger partial charge >= 0.3 is 5.91 Å². The van der Waals surface area contributed by atoms with Gasteiger partial charge in [-0.3, -0.25) is 15.6 Å². The van der Waals surface area contributed by atoms with Crippen molar-refractivity contribution in [3.63, 3.8) is 0 Å². The maximum atomic E-state index is 12.6. The number of furan rings is 1. The van der Waals surface area contributed by atoms with Crippen LogP contribution in [-0.2, 0) is 0 Å². The van der Waals surface area contributed by atoms with Crippen molar-refractivity contribution >= 4 is 62.3 Å². The van der Waals surface area contributed by atoms with Crippen LogP contribution in [-0.4, -0.2) is 11.0 Å². The summed E-state index contributed by atoms with van der Waals surface area (Å²) < 4.78 is 5.91. The van der Waals surface area contributed by atoms with Gasteiger partial charge in [0.25, 0.3) is 0 Å². The Morgan fingerprint density at radius 1 is 1.00 bits per heavy atom. The topological polar surface area (TPSA) is 66.3 Å². The number of rotatable bonds is 2. The Bertz CT molecular complexity index is 1220. The van der Waals surface area contributed by atoms with Crippen LogP contribution in [0.3, 0.4) is 0 Å². The first kappa shape index (κ1) is 18.3. The first-order valence-electron chi connectivity index (χ1n) is 8.56. The third-order valence-electron chi connectivity index (χ3n) is 4.41. The number of anilines is 1. The number of amides is 1. The quantitative estimate of drug-likeness (QED) is 0.314. The molecule has 4 aromatic rings. The van der Waals surface area contributed by atoms with E-state index in [-0.39, 0.29) is 10.9 Å². The van der Waals surface area contributed by atoms with Crippen molar-refractivity contribution in [1.29, 1.82) is 0 Å². The number of hydrogen-bond donors (Lipinski definition) is 3. The van der Waals surface area contributed by atoms with E-state index in [2.05, 4.69) is 16.2 Å². The highest BCUT2D eigenvalue weighted by Crippen LogP contribution is 2.31. The molecule has 1 heterocycles. The van der Waals surface area contributed by atoms with E-state index in [1.54, 1.807) is 18.2 Å². The molecule has 0 aliphatic carbocycles. The second kappa shape index (κ2) is 7.50. The van der Waals surface area contributed by atoms with Gasteiger partial charge in [-0.25, -0.2) is 0 Å². The summed E-state index contributed by atoms with van der Waals surface area (Å²) in [4.78, 5) is 12.6. The molecule has 0 bridgehead atoms. The summed E-state index contributed by atoms with van der Waals surface area (Å²) in [5, 5.41) is 6.69. The molecule has 3 aromatic carbocycles. The van der Waals surface area contributed by atoms with E-state index in [1.165, 1.54) is 0 Å². The number of thiocarbonyl (C=S) groups is 1. The Hall–Kier alpha value is -3.09. The molecule has 0 spiro atoms. The van der Waals surface area contributed by atoms with Crippen LogP contribution < -0.4 is 16.2 Å². The summed E-state index contributed by atoms with van der Waals surface area (Å²) >= 11 is 11.1. The van der Waals surface area contributed by atoms with Gasteiger partial charge in [0.1, 0.15) is 5.58 Å². The molecule has 0 saturated carbocycles. The smallest absolute Gasteiger partial charge is 0.305 e. The minimum Gasteiger partial charge on any atom is -0.450 e. The van der Waals surface area contributed by atoms with Crippen molar-refractivity contribution in [1.82, 2.24) is 10.9 Å². The molecule has 5 nitrogen and oxygen atoms in total. The number of aryl methyl sites for hydroxylation is 1. The maximum Gasteiger partial charge on any atom is 0.305 e. The molecule has 4 rings (SSSR count). The zero-order valence-corrected chi connectivity index (χ0v) is 16.4. The summed E-state index contributed by atoms with van der Waals surface area (Å²) in [5.74, 6) is -0.169. The van der Waals surface area contributed by atoms with Crippen molar-refractivity contribution in [3.8, 4) is 0 Å². The standard InChI is InChI=1S/C21H16ClN3O2S/c1-12-16-10-9-13-5-2-3-8-17(13)19(16)27-18(12)20(26)24-25-21(28)23-15-7-4-6-14(22)11-15/h2-11H,1H3,(H,24,26)(H2,23,25,28). The number of carbonyl (C=O) groups is 1. The van der Waals surface area contributed by atoms with E-state index in [9.17, 15) is 4.79 Å². The van der Waals surface area contributed by atoms with E-state index in [0.29, 0.717) is 16.3 Å². The third kappa shape index (κ3) is 3.52. The average Bonchev–Trinajstić information content (AvgIpc) is 3.03. The van der Waals surface area contributed by atoms with Crippen LogP contribution in [0.25, 0.3) is 21.7 Å². The monoisotopic (exact) mass is 409 g/mol. The van der Waals surface area contributed by atoms with E-state index >= 15 is 0 Å². The fourth-order valence-electron chi connectivity index (χ4n) is 3.06. The van der Waals surface area contributed by atoms with E-state index in [1.807, 2.05) is 49.4 Å². The number of halogens is 1. The molecule has 0 atom stereocenters. The van der Waals surface area contributed by atoms with Gasteiger partial charge in [0, 0.05) is 27.0 Å². The predicted octanol–water partition coefficient (Wildman–Crippen LogP) is 5.18. The lowest BCUT2D eigenvalue weighted by molar-refractivity contribution is 0.0917. The molecular formula is C21H16ClN3O2S. The number of fused-ring (bicyclic) bond motifs is 3. The highest BCUT2D eigenvalue weighted by Gasteiger charge is 2.19. The molecule has 0 fully saturated rings. The van der Waals surface area contributed by atoms with Gasteiger partial charge in [-0.05, 0) is 42.7 Å². The Labute approximate surface area is 171 Å². The molecule has 1 amide bonds.